The fourth-order valence-electron chi connectivity index (χ4n) is 1.46. The van der Waals surface area contributed by atoms with Crippen LogP contribution in [0, 0.1) is 6.92 Å². The molecule has 2 rings (SSSR count). The van der Waals surface area contributed by atoms with Crippen molar-refractivity contribution in [2.24, 2.45) is 0 Å². The van der Waals surface area contributed by atoms with Crippen LogP contribution in [0.15, 0.2) is 21.7 Å². The van der Waals surface area contributed by atoms with Gasteiger partial charge in [0.25, 0.3) is 0 Å². The highest BCUT2D eigenvalue weighted by Gasteiger charge is 2.10. The third-order valence-electron chi connectivity index (χ3n) is 2.24. The van der Waals surface area contributed by atoms with E-state index in [0.29, 0.717) is 22.0 Å². The summed E-state index contributed by atoms with van der Waals surface area (Å²) in [6.45, 7) is 1.74. The van der Waals surface area contributed by atoms with Crippen LogP contribution in [0.3, 0.4) is 0 Å². The maximum Gasteiger partial charge on any atom is 0.348 e. The van der Waals surface area contributed by atoms with E-state index >= 15 is 0 Å². The molecular formula is C9H9ClN4O2. The molecule has 0 saturated carbocycles. The van der Waals surface area contributed by atoms with Gasteiger partial charge in [0.15, 0.2) is 0 Å². The van der Waals surface area contributed by atoms with Gasteiger partial charge in [-0.05, 0) is 24.6 Å². The number of hydrogen-bond donors (Lipinski definition) is 3. The van der Waals surface area contributed by atoms with Crippen molar-refractivity contribution in [2.75, 3.05) is 5.73 Å². The monoisotopic (exact) mass is 240 g/mol. The highest BCUT2D eigenvalue weighted by Crippen LogP contribution is 2.24. The molecule has 1 aromatic carbocycles. The molecule has 1 aromatic heterocycles. The van der Waals surface area contributed by atoms with Crippen molar-refractivity contribution in [3.63, 3.8) is 0 Å². The normalized spacial score (nSPS) is 10.6. The first-order valence-electron chi connectivity index (χ1n) is 4.46. The van der Waals surface area contributed by atoms with Crippen LogP contribution in [0.25, 0.3) is 5.69 Å². The predicted molar refractivity (Wildman–Crippen MR) is 61.2 cm³/mol. The molecule has 7 heteroatoms. The van der Waals surface area contributed by atoms with E-state index in [0.717, 1.165) is 4.57 Å². The summed E-state index contributed by atoms with van der Waals surface area (Å²) >= 11 is 5.84. The highest BCUT2D eigenvalue weighted by atomic mass is 35.5. The number of aromatic nitrogens is 3. The topological polar surface area (TPSA) is 96.7 Å². The Kier molecular flexibility index (Phi) is 2.35. The first-order chi connectivity index (χ1) is 7.50. The van der Waals surface area contributed by atoms with Crippen molar-refractivity contribution >= 4 is 17.3 Å². The first kappa shape index (κ1) is 10.6. The van der Waals surface area contributed by atoms with Crippen molar-refractivity contribution in [3.8, 4) is 5.69 Å². The summed E-state index contributed by atoms with van der Waals surface area (Å²) < 4.78 is 0.959. The van der Waals surface area contributed by atoms with Gasteiger partial charge in [0, 0.05) is 0 Å². The summed E-state index contributed by atoms with van der Waals surface area (Å²) in [4.78, 5) is 22.8. The van der Waals surface area contributed by atoms with Gasteiger partial charge in [0.05, 0.1) is 16.4 Å². The predicted octanol–water partition coefficient (Wildman–Crippen LogP) is 0.398. The molecule has 0 spiro atoms. The Morgan fingerprint density at radius 1 is 1.25 bits per heavy atom. The van der Waals surface area contributed by atoms with Crippen LogP contribution in [0.1, 0.15) is 5.56 Å². The van der Waals surface area contributed by atoms with Gasteiger partial charge in [0.2, 0.25) is 0 Å². The van der Waals surface area contributed by atoms with E-state index < -0.39 is 11.4 Å². The average molecular weight is 241 g/mol. The van der Waals surface area contributed by atoms with E-state index in [1.165, 1.54) is 6.07 Å². The minimum absolute atomic E-state index is 0.299. The minimum Gasteiger partial charge on any atom is -0.398 e. The molecule has 4 N–H and O–H groups in total. The molecule has 0 saturated heterocycles. The summed E-state index contributed by atoms with van der Waals surface area (Å²) in [5.74, 6) is 0. The van der Waals surface area contributed by atoms with E-state index in [9.17, 15) is 9.59 Å². The molecular weight excluding hydrogens is 232 g/mol. The molecule has 0 aliphatic heterocycles. The average Bonchev–Trinajstić information content (AvgIpc) is 2.53. The number of halogens is 1. The maximum absolute atomic E-state index is 11.4. The van der Waals surface area contributed by atoms with Crippen LogP contribution in [-0.4, -0.2) is 14.8 Å². The molecule has 0 aliphatic carbocycles. The number of aryl methyl sites for hydroxylation is 1. The summed E-state index contributed by atoms with van der Waals surface area (Å²) in [6, 6.07) is 3.09. The second kappa shape index (κ2) is 3.57. The van der Waals surface area contributed by atoms with Crippen LogP contribution in [0.2, 0.25) is 5.02 Å². The number of anilines is 1. The van der Waals surface area contributed by atoms with E-state index in [2.05, 4.69) is 10.2 Å². The van der Waals surface area contributed by atoms with Gasteiger partial charge in [-0.1, -0.05) is 11.6 Å². The molecule has 0 fully saturated rings. The number of nitrogens with one attached hydrogen (secondary N) is 2. The second-order valence-electron chi connectivity index (χ2n) is 3.36. The molecule has 1 heterocycles. The molecule has 0 aliphatic rings. The van der Waals surface area contributed by atoms with Crippen molar-refractivity contribution < 1.29 is 0 Å². The van der Waals surface area contributed by atoms with Gasteiger partial charge in [-0.2, -0.15) is 0 Å². The number of rotatable bonds is 1. The lowest BCUT2D eigenvalue weighted by atomic mass is 10.2. The SMILES string of the molecule is Cc1cc(N)c(Cl)cc1-n1c(=O)[nH][nH]c1=O. The fraction of sp³-hybridized carbons (Fsp3) is 0.111. The molecule has 6 nitrogen and oxygen atoms in total. The second-order valence-corrected chi connectivity index (χ2v) is 3.76. The van der Waals surface area contributed by atoms with E-state index in [-0.39, 0.29) is 0 Å². The molecule has 0 bridgehead atoms. The summed E-state index contributed by atoms with van der Waals surface area (Å²) in [7, 11) is 0. The van der Waals surface area contributed by atoms with Gasteiger partial charge in [-0.25, -0.2) is 24.4 Å². The Balaban J connectivity index is 2.80. The molecule has 16 heavy (non-hydrogen) atoms. The lowest BCUT2D eigenvalue weighted by Gasteiger charge is -2.06. The quantitative estimate of drug-likeness (QED) is 0.630. The zero-order valence-corrected chi connectivity index (χ0v) is 9.13. The smallest absolute Gasteiger partial charge is 0.348 e. The molecule has 2 aromatic rings. The Morgan fingerprint density at radius 2 is 1.81 bits per heavy atom. The Bertz CT molecular complexity index is 625. The molecule has 84 valence electrons. The van der Waals surface area contributed by atoms with Crippen molar-refractivity contribution in [1.29, 1.82) is 0 Å². The van der Waals surface area contributed by atoms with Crippen molar-refractivity contribution in [1.82, 2.24) is 14.8 Å². The highest BCUT2D eigenvalue weighted by molar-refractivity contribution is 6.33. The zero-order chi connectivity index (χ0) is 11.9. The van der Waals surface area contributed by atoms with Crippen LogP contribution >= 0.6 is 11.6 Å². The fourth-order valence-corrected chi connectivity index (χ4v) is 1.62. The van der Waals surface area contributed by atoms with Gasteiger partial charge < -0.3 is 5.73 Å². The number of H-pyrrole nitrogens is 2. The summed E-state index contributed by atoms with van der Waals surface area (Å²) in [5.41, 5.74) is 6.01. The standard InChI is InChI=1S/C9H9ClN4O2/c1-4-2-6(11)5(10)3-7(4)14-8(15)12-13-9(14)16/h2-3H,11H2,1H3,(H,12,15)(H,13,16). The molecule has 0 atom stereocenters. The number of nitrogen functional groups attached to an aromatic ring is 1. The number of nitrogens with zero attached hydrogens (tertiary/aromatic N) is 1. The number of benzene rings is 1. The molecule has 0 amide bonds. The van der Waals surface area contributed by atoms with Crippen molar-refractivity contribution in [3.05, 3.63) is 43.7 Å². The van der Waals surface area contributed by atoms with Gasteiger partial charge >= 0.3 is 11.4 Å². The summed E-state index contributed by atoms with van der Waals surface area (Å²) in [6.07, 6.45) is 0. The lowest BCUT2D eigenvalue weighted by molar-refractivity contribution is 0.941. The van der Waals surface area contributed by atoms with Crippen LogP contribution in [0.4, 0.5) is 5.69 Å². The maximum atomic E-state index is 11.4. The van der Waals surface area contributed by atoms with Gasteiger partial charge in [0.1, 0.15) is 0 Å². The molecule has 0 radical (unpaired) electrons. The Labute approximate surface area is 94.6 Å². The Morgan fingerprint density at radius 3 is 2.38 bits per heavy atom. The zero-order valence-electron chi connectivity index (χ0n) is 8.37. The van der Waals surface area contributed by atoms with Crippen molar-refractivity contribution in [2.45, 2.75) is 6.92 Å². The minimum atomic E-state index is -0.547. The number of nitrogens with two attached hydrogens (primary N) is 1. The lowest BCUT2D eigenvalue weighted by Crippen LogP contribution is -2.25. The van der Waals surface area contributed by atoms with Crippen LogP contribution in [-0.2, 0) is 0 Å². The third-order valence-corrected chi connectivity index (χ3v) is 2.57. The number of aromatic amines is 2. The number of hydrogen-bond acceptors (Lipinski definition) is 3. The van der Waals surface area contributed by atoms with Crippen LogP contribution in [0.5, 0.6) is 0 Å². The first-order valence-corrected chi connectivity index (χ1v) is 4.84. The summed E-state index contributed by atoms with van der Waals surface area (Å²) in [5, 5.41) is 4.68. The molecule has 0 unspecified atom stereocenters. The Hall–Kier alpha value is -1.95. The largest absolute Gasteiger partial charge is 0.398 e. The van der Waals surface area contributed by atoms with E-state index in [4.69, 9.17) is 17.3 Å². The van der Waals surface area contributed by atoms with Crippen LogP contribution < -0.4 is 17.1 Å². The van der Waals surface area contributed by atoms with Gasteiger partial charge in [-0.15, -0.1) is 0 Å². The van der Waals surface area contributed by atoms with E-state index in [1.807, 2.05) is 0 Å². The third kappa shape index (κ3) is 1.53. The van der Waals surface area contributed by atoms with Gasteiger partial charge in [-0.3, -0.25) is 0 Å². The van der Waals surface area contributed by atoms with E-state index in [1.54, 1.807) is 13.0 Å².